The van der Waals surface area contributed by atoms with Crippen molar-refractivity contribution in [1.82, 2.24) is 19.9 Å². The van der Waals surface area contributed by atoms with Crippen molar-refractivity contribution in [3.05, 3.63) is 22.2 Å². The standard InChI is InChI=1S/C7H5N5O/c13-6-4-5-8-1-3(10-4)2-9-7(11-5)12-6/h1H,2H2,(H2,8,9,11,12,13). The van der Waals surface area contributed by atoms with Crippen molar-refractivity contribution in [2.45, 2.75) is 6.54 Å². The maximum atomic E-state index is 11.3. The Morgan fingerprint density at radius 1 is 1.38 bits per heavy atom. The Morgan fingerprint density at radius 3 is 3.23 bits per heavy atom. The predicted molar refractivity (Wildman–Crippen MR) is 45.3 cm³/mol. The summed E-state index contributed by atoms with van der Waals surface area (Å²) in [6, 6.07) is 0. The first-order valence-corrected chi connectivity index (χ1v) is 3.83. The largest absolute Gasteiger partial charge is 0.350 e. The molecule has 0 radical (unpaired) electrons. The van der Waals surface area contributed by atoms with Crippen molar-refractivity contribution in [3.8, 4) is 0 Å². The minimum atomic E-state index is -0.249. The summed E-state index contributed by atoms with van der Waals surface area (Å²) in [6.45, 7) is 0.541. The first-order valence-electron chi connectivity index (χ1n) is 3.83. The highest BCUT2D eigenvalue weighted by Crippen LogP contribution is 2.09. The van der Waals surface area contributed by atoms with Gasteiger partial charge in [-0.1, -0.05) is 0 Å². The van der Waals surface area contributed by atoms with Gasteiger partial charge in [-0.15, -0.1) is 0 Å². The van der Waals surface area contributed by atoms with Gasteiger partial charge in [-0.3, -0.25) is 9.78 Å². The molecule has 6 heteroatoms. The van der Waals surface area contributed by atoms with Crippen LogP contribution < -0.4 is 10.9 Å². The number of anilines is 1. The van der Waals surface area contributed by atoms with Gasteiger partial charge in [0.15, 0.2) is 11.2 Å². The normalized spacial score (nSPS) is 13.2. The minimum Gasteiger partial charge on any atom is -0.350 e. The van der Waals surface area contributed by atoms with Gasteiger partial charge < -0.3 is 5.32 Å². The summed E-state index contributed by atoms with van der Waals surface area (Å²) in [5.41, 5.74) is 1.19. The Balaban J connectivity index is 2.64. The second-order valence-corrected chi connectivity index (χ2v) is 2.80. The molecule has 0 aromatic carbocycles. The van der Waals surface area contributed by atoms with E-state index in [1.807, 2.05) is 0 Å². The molecule has 0 amide bonds. The molecule has 64 valence electrons. The zero-order valence-electron chi connectivity index (χ0n) is 6.53. The van der Waals surface area contributed by atoms with E-state index in [1.54, 1.807) is 6.20 Å². The van der Waals surface area contributed by atoms with Crippen LogP contribution in [0.2, 0.25) is 0 Å². The number of aromatic nitrogens is 4. The summed E-state index contributed by atoms with van der Waals surface area (Å²) in [5, 5.41) is 2.93. The zero-order valence-corrected chi connectivity index (χ0v) is 6.53. The Morgan fingerprint density at radius 2 is 2.31 bits per heavy atom. The molecule has 13 heavy (non-hydrogen) atoms. The van der Waals surface area contributed by atoms with Crippen LogP contribution in [0.5, 0.6) is 0 Å². The van der Waals surface area contributed by atoms with Crippen LogP contribution in [-0.2, 0) is 6.54 Å². The molecule has 0 atom stereocenters. The lowest BCUT2D eigenvalue weighted by Gasteiger charge is -2.09. The summed E-state index contributed by atoms with van der Waals surface area (Å²) in [7, 11) is 0. The Bertz CT molecular complexity index is 546. The molecule has 2 aromatic rings. The van der Waals surface area contributed by atoms with Crippen LogP contribution >= 0.6 is 0 Å². The number of hydrogen-bond donors (Lipinski definition) is 2. The van der Waals surface area contributed by atoms with Crippen LogP contribution in [0.1, 0.15) is 5.69 Å². The SMILES string of the molecule is O=c1[nH]c2nc3ncc(nc13)CN2. The van der Waals surface area contributed by atoms with E-state index >= 15 is 0 Å². The zero-order chi connectivity index (χ0) is 8.84. The predicted octanol–water partition coefficient (Wildman–Crippen LogP) is -0.361. The number of H-pyrrole nitrogens is 1. The van der Waals surface area contributed by atoms with Gasteiger partial charge in [0.2, 0.25) is 5.95 Å². The topological polar surface area (TPSA) is 83.6 Å². The molecule has 0 saturated carbocycles. The molecule has 5 heterocycles. The molecular formula is C7H5N5O. The fourth-order valence-corrected chi connectivity index (χ4v) is 1.30. The number of nitrogens with zero attached hydrogens (tertiary/aromatic N) is 3. The molecule has 3 aliphatic heterocycles. The summed E-state index contributed by atoms with van der Waals surface area (Å²) in [6.07, 6.45) is 1.62. The van der Waals surface area contributed by atoms with Crippen molar-refractivity contribution >= 4 is 17.1 Å². The molecule has 0 fully saturated rings. The van der Waals surface area contributed by atoms with E-state index in [1.165, 1.54) is 0 Å². The number of hydrogen-bond acceptors (Lipinski definition) is 5. The Labute approximate surface area is 72.1 Å². The summed E-state index contributed by atoms with van der Waals surface area (Å²) < 4.78 is 0. The molecule has 3 aliphatic rings. The number of nitrogens with one attached hydrogen (secondary N) is 2. The summed E-state index contributed by atoms with van der Waals surface area (Å²) in [5.74, 6) is 0.452. The first kappa shape index (κ1) is 6.53. The molecule has 0 spiro atoms. The third kappa shape index (κ3) is 0.821. The van der Waals surface area contributed by atoms with Crippen molar-refractivity contribution in [1.29, 1.82) is 0 Å². The van der Waals surface area contributed by atoms with Gasteiger partial charge in [-0.05, 0) is 0 Å². The average molecular weight is 175 g/mol. The fourth-order valence-electron chi connectivity index (χ4n) is 1.30. The minimum absolute atomic E-state index is 0.249. The van der Waals surface area contributed by atoms with E-state index in [2.05, 4.69) is 25.3 Å². The highest BCUT2D eigenvalue weighted by Gasteiger charge is 2.11. The molecule has 4 bridgehead atoms. The average Bonchev–Trinajstić information content (AvgIpc) is 2.09. The third-order valence-corrected chi connectivity index (χ3v) is 1.90. The monoisotopic (exact) mass is 175 g/mol. The van der Waals surface area contributed by atoms with Crippen molar-refractivity contribution in [3.63, 3.8) is 0 Å². The van der Waals surface area contributed by atoms with Crippen molar-refractivity contribution < 1.29 is 0 Å². The van der Waals surface area contributed by atoms with E-state index in [-0.39, 0.29) is 5.56 Å². The van der Waals surface area contributed by atoms with Crippen molar-refractivity contribution in [2.24, 2.45) is 0 Å². The highest BCUT2D eigenvalue weighted by molar-refractivity contribution is 5.70. The molecule has 5 rings (SSSR count). The van der Waals surface area contributed by atoms with Crippen LogP contribution in [0.25, 0.3) is 11.2 Å². The molecule has 0 unspecified atom stereocenters. The van der Waals surface area contributed by atoms with Crippen molar-refractivity contribution in [2.75, 3.05) is 5.32 Å². The van der Waals surface area contributed by atoms with Crippen LogP contribution in [0.3, 0.4) is 0 Å². The van der Waals surface area contributed by atoms with Gasteiger partial charge in [0, 0.05) is 0 Å². The Hall–Kier alpha value is -1.98. The van der Waals surface area contributed by atoms with Crippen LogP contribution in [0.15, 0.2) is 11.0 Å². The summed E-state index contributed by atoms with van der Waals surface area (Å²) in [4.78, 5) is 26.1. The lowest BCUT2D eigenvalue weighted by atomic mass is 10.4. The maximum Gasteiger partial charge on any atom is 0.280 e. The number of fused-ring (bicyclic) bond motifs is 2. The fraction of sp³-hybridized carbons (Fsp3) is 0.143. The van der Waals surface area contributed by atoms with Crippen LogP contribution in [0.4, 0.5) is 5.95 Å². The van der Waals surface area contributed by atoms with Gasteiger partial charge >= 0.3 is 0 Å². The Kier molecular flexibility index (Phi) is 1.02. The molecule has 2 aromatic heterocycles. The number of rotatable bonds is 0. The van der Waals surface area contributed by atoms with Gasteiger partial charge in [0.1, 0.15) is 0 Å². The second kappa shape index (κ2) is 2.03. The van der Waals surface area contributed by atoms with Gasteiger partial charge in [-0.25, -0.2) is 9.97 Å². The lowest BCUT2D eigenvalue weighted by Crippen LogP contribution is -2.19. The number of aromatic amines is 1. The van der Waals surface area contributed by atoms with Crippen LogP contribution in [0, 0.1) is 0 Å². The van der Waals surface area contributed by atoms with E-state index in [4.69, 9.17) is 0 Å². The van der Waals surface area contributed by atoms with E-state index in [0.29, 0.717) is 23.7 Å². The molecule has 0 aliphatic carbocycles. The first-order chi connectivity index (χ1) is 6.33. The van der Waals surface area contributed by atoms with E-state index in [9.17, 15) is 4.79 Å². The highest BCUT2D eigenvalue weighted by atomic mass is 16.1. The molecule has 2 N–H and O–H groups in total. The molecule has 6 nitrogen and oxygen atoms in total. The van der Waals surface area contributed by atoms with Crippen LogP contribution in [-0.4, -0.2) is 19.9 Å². The third-order valence-electron chi connectivity index (χ3n) is 1.90. The van der Waals surface area contributed by atoms with Gasteiger partial charge in [0.05, 0.1) is 18.4 Å². The van der Waals surface area contributed by atoms with E-state index < -0.39 is 0 Å². The van der Waals surface area contributed by atoms with Gasteiger partial charge in [0.25, 0.3) is 5.56 Å². The maximum absolute atomic E-state index is 11.3. The molecular weight excluding hydrogens is 170 g/mol. The van der Waals surface area contributed by atoms with E-state index in [0.717, 1.165) is 5.69 Å². The van der Waals surface area contributed by atoms with Gasteiger partial charge in [-0.2, -0.15) is 4.98 Å². The lowest BCUT2D eigenvalue weighted by molar-refractivity contribution is 0.951. The quantitative estimate of drug-likeness (QED) is 0.571. The summed E-state index contributed by atoms with van der Waals surface area (Å²) >= 11 is 0. The second-order valence-electron chi connectivity index (χ2n) is 2.80. The molecule has 0 saturated heterocycles. The smallest absolute Gasteiger partial charge is 0.280 e.